The maximum absolute atomic E-state index is 12.7. The van der Waals surface area contributed by atoms with Crippen molar-refractivity contribution < 1.29 is 17.9 Å². The SMILES string of the molecule is CCN(CC)C(=O)CN(CC)S(=O)(=O)c1ccc(OC)c(Cl)c1. The molecule has 6 nitrogen and oxygen atoms in total. The first-order chi connectivity index (χ1) is 10.8. The molecular weight excluding hydrogens is 340 g/mol. The maximum atomic E-state index is 12.7. The van der Waals surface area contributed by atoms with Crippen LogP contribution in [0.1, 0.15) is 20.8 Å². The second-order valence-electron chi connectivity index (χ2n) is 4.79. The van der Waals surface area contributed by atoms with Gasteiger partial charge in [-0.3, -0.25) is 4.79 Å². The van der Waals surface area contributed by atoms with Crippen LogP contribution >= 0.6 is 11.6 Å². The third-order valence-corrected chi connectivity index (χ3v) is 5.75. The Morgan fingerprint density at radius 1 is 1.17 bits per heavy atom. The Balaban J connectivity index is 3.08. The molecule has 0 aliphatic heterocycles. The van der Waals surface area contributed by atoms with E-state index in [1.807, 2.05) is 13.8 Å². The van der Waals surface area contributed by atoms with E-state index in [4.69, 9.17) is 16.3 Å². The van der Waals surface area contributed by atoms with Gasteiger partial charge in [0.1, 0.15) is 5.75 Å². The van der Waals surface area contributed by atoms with E-state index in [2.05, 4.69) is 0 Å². The van der Waals surface area contributed by atoms with E-state index < -0.39 is 10.0 Å². The van der Waals surface area contributed by atoms with Gasteiger partial charge in [0, 0.05) is 19.6 Å². The zero-order valence-electron chi connectivity index (χ0n) is 13.9. The third-order valence-electron chi connectivity index (χ3n) is 3.54. The molecular formula is C15H23ClN2O4S. The number of sulfonamides is 1. The fourth-order valence-corrected chi connectivity index (χ4v) is 3.90. The summed E-state index contributed by atoms with van der Waals surface area (Å²) in [6.07, 6.45) is 0. The molecule has 23 heavy (non-hydrogen) atoms. The van der Waals surface area contributed by atoms with Crippen LogP contribution in [-0.4, -0.2) is 56.8 Å². The third kappa shape index (κ3) is 4.59. The summed E-state index contributed by atoms with van der Waals surface area (Å²) in [6.45, 7) is 6.49. The van der Waals surface area contributed by atoms with E-state index in [0.717, 1.165) is 4.31 Å². The number of carbonyl (C=O) groups is 1. The minimum absolute atomic E-state index is 0.0393. The molecule has 0 aromatic heterocycles. The molecule has 0 fully saturated rings. The second kappa shape index (κ2) is 8.52. The van der Waals surface area contributed by atoms with Crippen molar-refractivity contribution >= 4 is 27.5 Å². The highest BCUT2D eigenvalue weighted by Crippen LogP contribution is 2.28. The van der Waals surface area contributed by atoms with Crippen LogP contribution < -0.4 is 4.74 Å². The number of ether oxygens (including phenoxy) is 1. The van der Waals surface area contributed by atoms with E-state index in [1.165, 1.54) is 25.3 Å². The molecule has 0 bridgehead atoms. The molecule has 1 rings (SSSR count). The summed E-state index contributed by atoms with van der Waals surface area (Å²) in [5.41, 5.74) is 0. The zero-order valence-corrected chi connectivity index (χ0v) is 15.4. The van der Waals surface area contributed by atoms with Crippen molar-refractivity contribution in [2.24, 2.45) is 0 Å². The lowest BCUT2D eigenvalue weighted by Crippen LogP contribution is -2.42. The number of rotatable bonds is 8. The molecule has 0 spiro atoms. The Morgan fingerprint density at radius 3 is 2.22 bits per heavy atom. The largest absolute Gasteiger partial charge is 0.495 e. The normalized spacial score (nSPS) is 11.6. The van der Waals surface area contributed by atoms with Crippen LogP contribution in [-0.2, 0) is 14.8 Å². The number of halogens is 1. The first-order valence-electron chi connectivity index (χ1n) is 7.43. The summed E-state index contributed by atoms with van der Waals surface area (Å²) < 4.78 is 31.6. The van der Waals surface area contributed by atoms with Crippen LogP contribution in [0.4, 0.5) is 0 Å². The standard InChI is InChI=1S/C15H23ClN2O4S/c1-5-17(6-2)15(19)11-18(7-3)23(20,21)12-8-9-14(22-4)13(16)10-12/h8-10H,5-7,11H2,1-4H3. The van der Waals surface area contributed by atoms with Crippen molar-refractivity contribution in [3.8, 4) is 5.75 Å². The molecule has 0 unspecified atom stereocenters. The van der Waals surface area contributed by atoms with Gasteiger partial charge >= 0.3 is 0 Å². The van der Waals surface area contributed by atoms with Crippen molar-refractivity contribution in [3.63, 3.8) is 0 Å². The lowest BCUT2D eigenvalue weighted by molar-refractivity contribution is -0.131. The Kier molecular flexibility index (Phi) is 7.31. The molecule has 1 aromatic rings. The van der Waals surface area contributed by atoms with Crippen molar-refractivity contribution in [2.75, 3.05) is 33.3 Å². The van der Waals surface area contributed by atoms with Gasteiger partial charge in [0.05, 0.1) is 23.6 Å². The highest BCUT2D eigenvalue weighted by molar-refractivity contribution is 7.89. The van der Waals surface area contributed by atoms with Gasteiger partial charge in [-0.25, -0.2) is 8.42 Å². The van der Waals surface area contributed by atoms with Gasteiger partial charge in [0.15, 0.2) is 0 Å². The van der Waals surface area contributed by atoms with Gasteiger partial charge < -0.3 is 9.64 Å². The molecule has 1 aromatic carbocycles. The van der Waals surface area contributed by atoms with Crippen LogP contribution in [0.3, 0.4) is 0 Å². The van der Waals surface area contributed by atoms with Crippen LogP contribution in [0.15, 0.2) is 23.1 Å². The lowest BCUT2D eigenvalue weighted by Gasteiger charge is -2.24. The number of likely N-dealkylation sites (N-methyl/N-ethyl adjacent to an activating group) is 2. The van der Waals surface area contributed by atoms with E-state index in [1.54, 1.807) is 11.8 Å². The first-order valence-corrected chi connectivity index (χ1v) is 9.24. The number of amides is 1. The van der Waals surface area contributed by atoms with Crippen molar-refractivity contribution in [1.82, 2.24) is 9.21 Å². The molecule has 0 aliphatic carbocycles. The molecule has 1 amide bonds. The quantitative estimate of drug-likeness (QED) is 0.711. The fraction of sp³-hybridized carbons (Fsp3) is 0.533. The molecule has 0 saturated heterocycles. The predicted molar refractivity (Wildman–Crippen MR) is 90.4 cm³/mol. The summed E-state index contributed by atoms with van der Waals surface area (Å²) in [7, 11) is -2.34. The zero-order chi connectivity index (χ0) is 17.6. The molecule has 0 heterocycles. The number of hydrogen-bond acceptors (Lipinski definition) is 4. The van der Waals surface area contributed by atoms with Crippen LogP contribution in [0, 0.1) is 0 Å². The number of benzene rings is 1. The number of methoxy groups -OCH3 is 1. The van der Waals surface area contributed by atoms with Crippen molar-refractivity contribution in [3.05, 3.63) is 23.2 Å². The second-order valence-corrected chi connectivity index (χ2v) is 7.14. The van der Waals surface area contributed by atoms with E-state index >= 15 is 0 Å². The van der Waals surface area contributed by atoms with Crippen molar-refractivity contribution in [1.29, 1.82) is 0 Å². The van der Waals surface area contributed by atoms with E-state index in [9.17, 15) is 13.2 Å². The summed E-state index contributed by atoms with van der Waals surface area (Å²) in [4.78, 5) is 13.8. The predicted octanol–water partition coefficient (Wildman–Crippen LogP) is 2.23. The summed E-state index contributed by atoms with van der Waals surface area (Å²) in [6, 6.07) is 4.25. The Morgan fingerprint density at radius 2 is 1.78 bits per heavy atom. The van der Waals surface area contributed by atoms with Gasteiger partial charge in [-0.15, -0.1) is 0 Å². The fourth-order valence-electron chi connectivity index (χ4n) is 2.15. The summed E-state index contributed by atoms with van der Waals surface area (Å²) >= 11 is 6.00. The Bertz CT molecular complexity index is 645. The van der Waals surface area contributed by atoms with Gasteiger partial charge in [-0.2, -0.15) is 4.31 Å². The molecule has 0 radical (unpaired) electrons. The summed E-state index contributed by atoms with van der Waals surface area (Å²) in [5, 5.41) is 0.208. The molecule has 8 heteroatoms. The molecule has 0 N–H and O–H groups in total. The Labute approximate surface area is 143 Å². The minimum Gasteiger partial charge on any atom is -0.495 e. The van der Waals surface area contributed by atoms with E-state index in [-0.39, 0.29) is 28.9 Å². The molecule has 0 saturated carbocycles. The number of carbonyl (C=O) groups excluding carboxylic acids is 1. The lowest BCUT2D eigenvalue weighted by atomic mass is 10.3. The Hall–Kier alpha value is -1.31. The molecule has 0 atom stereocenters. The monoisotopic (exact) mass is 362 g/mol. The van der Waals surface area contributed by atoms with Gasteiger partial charge in [0.25, 0.3) is 0 Å². The van der Waals surface area contributed by atoms with Gasteiger partial charge in [0.2, 0.25) is 15.9 Å². The summed E-state index contributed by atoms with van der Waals surface area (Å²) in [5.74, 6) is 0.174. The van der Waals surface area contributed by atoms with E-state index in [0.29, 0.717) is 18.8 Å². The maximum Gasteiger partial charge on any atom is 0.243 e. The molecule has 0 aliphatic rings. The average molecular weight is 363 g/mol. The number of hydrogen-bond donors (Lipinski definition) is 0. The highest BCUT2D eigenvalue weighted by atomic mass is 35.5. The van der Waals surface area contributed by atoms with Crippen molar-refractivity contribution in [2.45, 2.75) is 25.7 Å². The van der Waals surface area contributed by atoms with Crippen LogP contribution in [0.5, 0.6) is 5.75 Å². The van der Waals surface area contributed by atoms with Gasteiger partial charge in [-0.05, 0) is 32.0 Å². The number of nitrogens with zero attached hydrogens (tertiary/aromatic N) is 2. The topological polar surface area (TPSA) is 66.9 Å². The van der Waals surface area contributed by atoms with Gasteiger partial charge in [-0.1, -0.05) is 18.5 Å². The highest BCUT2D eigenvalue weighted by Gasteiger charge is 2.27. The van der Waals surface area contributed by atoms with Crippen LogP contribution in [0.2, 0.25) is 5.02 Å². The first kappa shape index (κ1) is 19.7. The smallest absolute Gasteiger partial charge is 0.243 e. The minimum atomic E-state index is -3.80. The van der Waals surface area contributed by atoms with Crippen LogP contribution in [0.25, 0.3) is 0 Å². The molecule has 130 valence electrons. The average Bonchev–Trinajstić information content (AvgIpc) is 2.53.